The van der Waals surface area contributed by atoms with E-state index in [1.165, 1.54) is 19.2 Å². The van der Waals surface area contributed by atoms with Crippen molar-refractivity contribution in [2.75, 3.05) is 31.1 Å². The lowest BCUT2D eigenvalue weighted by Gasteiger charge is -2.24. The quantitative estimate of drug-likeness (QED) is 0.459. The Labute approximate surface area is 195 Å². The predicted octanol–water partition coefficient (Wildman–Crippen LogP) is 3.70. The number of nitrogens with one attached hydrogen (secondary N) is 1. The Morgan fingerprint density at radius 3 is 2.24 bits per heavy atom. The number of anilines is 1. The molecule has 0 radical (unpaired) electrons. The van der Waals surface area contributed by atoms with Crippen LogP contribution in [0.1, 0.15) is 11.1 Å². The molecule has 0 saturated carbocycles. The molecule has 0 heterocycles. The first kappa shape index (κ1) is 24.1. The molecular formula is C25H28N2O5S. The van der Waals surface area contributed by atoms with Gasteiger partial charge in [0.05, 0.1) is 24.2 Å². The zero-order valence-corrected chi connectivity index (χ0v) is 19.8. The summed E-state index contributed by atoms with van der Waals surface area (Å²) in [4.78, 5) is 12.8. The van der Waals surface area contributed by atoms with Gasteiger partial charge in [-0.1, -0.05) is 35.9 Å². The Kier molecular flexibility index (Phi) is 7.95. The molecular weight excluding hydrogens is 440 g/mol. The Morgan fingerprint density at radius 1 is 0.939 bits per heavy atom. The average Bonchev–Trinajstić information content (AvgIpc) is 2.81. The van der Waals surface area contributed by atoms with Gasteiger partial charge in [0, 0.05) is 0 Å². The van der Waals surface area contributed by atoms with E-state index in [1.807, 2.05) is 38.1 Å². The molecule has 0 aliphatic heterocycles. The van der Waals surface area contributed by atoms with Crippen LogP contribution in [-0.2, 0) is 14.8 Å². The topological polar surface area (TPSA) is 84.9 Å². The maximum atomic E-state index is 13.4. The predicted molar refractivity (Wildman–Crippen MR) is 128 cm³/mol. The van der Waals surface area contributed by atoms with Gasteiger partial charge in [-0.05, 0) is 61.9 Å². The van der Waals surface area contributed by atoms with Crippen molar-refractivity contribution in [2.45, 2.75) is 18.7 Å². The molecule has 0 atom stereocenters. The molecule has 0 bridgehead atoms. The van der Waals surface area contributed by atoms with Gasteiger partial charge in [0.1, 0.15) is 24.7 Å². The number of sulfonamides is 1. The van der Waals surface area contributed by atoms with E-state index < -0.39 is 15.9 Å². The highest BCUT2D eigenvalue weighted by atomic mass is 32.2. The number of rotatable bonds is 10. The van der Waals surface area contributed by atoms with Gasteiger partial charge in [0.2, 0.25) is 5.91 Å². The molecule has 3 aromatic carbocycles. The largest absolute Gasteiger partial charge is 0.497 e. The molecule has 8 heteroatoms. The monoisotopic (exact) mass is 468 g/mol. The smallest absolute Gasteiger partial charge is 0.264 e. The summed E-state index contributed by atoms with van der Waals surface area (Å²) >= 11 is 0. The third-order valence-corrected chi connectivity index (χ3v) is 6.82. The number of benzene rings is 3. The van der Waals surface area contributed by atoms with Crippen LogP contribution >= 0.6 is 0 Å². The Hall–Kier alpha value is -3.52. The number of nitrogens with zero attached hydrogens (tertiary/aromatic N) is 1. The molecule has 7 nitrogen and oxygen atoms in total. The normalized spacial score (nSPS) is 11.0. The van der Waals surface area contributed by atoms with Crippen LogP contribution in [0.2, 0.25) is 0 Å². The number of carbonyl (C=O) groups is 1. The van der Waals surface area contributed by atoms with E-state index in [0.717, 1.165) is 21.2 Å². The summed E-state index contributed by atoms with van der Waals surface area (Å²) in [7, 11) is -2.43. The van der Waals surface area contributed by atoms with Crippen LogP contribution in [0.25, 0.3) is 0 Å². The second-order valence-electron chi connectivity index (χ2n) is 7.49. The van der Waals surface area contributed by atoms with Gasteiger partial charge >= 0.3 is 0 Å². The maximum Gasteiger partial charge on any atom is 0.264 e. The van der Waals surface area contributed by atoms with Crippen molar-refractivity contribution in [1.82, 2.24) is 5.32 Å². The van der Waals surface area contributed by atoms with Crippen LogP contribution in [0, 0.1) is 13.8 Å². The van der Waals surface area contributed by atoms with E-state index in [1.54, 1.807) is 36.4 Å². The molecule has 0 unspecified atom stereocenters. The number of ether oxygens (including phenoxy) is 2. The molecule has 0 aliphatic carbocycles. The molecule has 0 fully saturated rings. The highest BCUT2D eigenvalue weighted by Crippen LogP contribution is 2.26. The number of carbonyl (C=O) groups excluding carboxylic acids is 1. The summed E-state index contributed by atoms with van der Waals surface area (Å²) in [6.45, 7) is 3.96. The van der Waals surface area contributed by atoms with Crippen molar-refractivity contribution in [3.8, 4) is 11.5 Å². The Morgan fingerprint density at radius 2 is 1.61 bits per heavy atom. The Balaban J connectivity index is 1.72. The zero-order chi connectivity index (χ0) is 23.8. The highest BCUT2D eigenvalue weighted by molar-refractivity contribution is 7.92. The fourth-order valence-corrected chi connectivity index (χ4v) is 4.58. The minimum Gasteiger partial charge on any atom is -0.497 e. The molecule has 3 rings (SSSR count). The van der Waals surface area contributed by atoms with Crippen LogP contribution in [0.3, 0.4) is 0 Å². The van der Waals surface area contributed by atoms with Crippen LogP contribution < -0.4 is 19.1 Å². The van der Waals surface area contributed by atoms with E-state index in [0.29, 0.717) is 11.4 Å². The fraction of sp³-hybridized carbons (Fsp3) is 0.240. The molecule has 1 amide bonds. The fourth-order valence-electron chi connectivity index (χ4n) is 3.16. The summed E-state index contributed by atoms with van der Waals surface area (Å²) in [5.41, 5.74) is 2.30. The van der Waals surface area contributed by atoms with Crippen LogP contribution in [-0.4, -0.2) is 41.1 Å². The third-order valence-electron chi connectivity index (χ3n) is 5.03. The molecule has 3 aromatic rings. The average molecular weight is 469 g/mol. The van der Waals surface area contributed by atoms with Crippen molar-refractivity contribution in [1.29, 1.82) is 0 Å². The molecule has 0 spiro atoms. The SMILES string of the molecule is COc1ccc(N(CC(=O)NCCOc2ccccc2C)S(=O)(=O)c2ccc(C)cc2)cc1. The molecule has 1 N–H and O–H groups in total. The van der Waals surface area contributed by atoms with Crippen molar-refractivity contribution in [3.63, 3.8) is 0 Å². The number of hydrogen-bond donors (Lipinski definition) is 1. The minimum atomic E-state index is -3.96. The lowest BCUT2D eigenvalue weighted by atomic mass is 10.2. The molecule has 33 heavy (non-hydrogen) atoms. The highest BCUT2D eigenvalue weighted by Gasteiger charge is 2.27. The van der Waals surface area contributed by atoms with Crippen LogP contribution in [0.5, 0.6) is 11.5 Å². The lowest BCUT2D eigenvalue weighted by Crippen LogP contribution is -2.41. The van der Waals surface area contributed by atoms with Gasteiger partial charge in [-0.25, -0.2) is 8.42 Å². The standard InChI is InChI=1S/C25H28N2O5S/c1-19-8-14-23(15-9-19)33(29,30)27(21-10-12-22(31-3)13-11-21)18-25(28)26-16-17-32-24-7-5-4-6-20(24)2/h4-15H,16-18H2,1-3H3,(H,26,28). The van der Waals surface area contributed by atoms with E-state index in [-0.39, 0.29) is 24.6 Å². The number of aryl methyl sites for hydroxylation is 2. The number of para-hydroxylation sites is 1. The van der Waals surface area contributed by atoms with Crippen molar-refractivity contribution < 1.29 is 22.7 Å². The summed E-state index contributed by atoms with van der Waals surface area (Å²) in [6, 6.07) is 20.7. The molecule has 0 aromatic heterocycles. The van der Waals surface area contributed by atoms with E-state index in [9.17, 15) is 13.2 Å². The van der Waals surface area contributed by atoms with E-state index in [2.05, 4.69) is 5.32 Å². The molecule has 174 valence electrons. The van der Waals surface area contributed by atoms with Crippen LogP contribution in [0.4, 0.5) is 5.69 Å². The van der Waals surface area contributed by atoms with Gasteiger partial charge in [0.15, 0.2) is 0 Å². The van der Waals surface area contributed by atoms with E-state index in [4.69, 9.17) is 9.47 Å². The minimum absolute atomic E-state index is 0.111. The van der Waals surface area contributed by atoms with Gasteiger partial charge in [-0.15, -0.1) is 0 Å². The first-order valence-electron chi connectivity index (χ1n) is 10.5. The lowest BCUT2D eigenvalue weighted by molar-refractivity contribution is -0.119. The summed E-state index contributed by atoms with van der Waals surface area (Å²) in [5, 5.41) is 2.73. The number of hydrogen-bond acceptors (Lipinski definition) is 5. The summed E-state index contributed by atoms with van der Waals surface area (Å²) in [6.07, 6.45) is 0. The first-order chi connectivity index (χ1) is 15.8. The van der Waals surface area contributed by atoms with Crippen LogP contribution in [0.15, 0.2) is 77.7 Å². The van der Waals surface area contributed by atoms with E-state index >= 15 is 0 Å². The van der Waals surface area contributed by atoms with Gasteiger partial charge < -0.3 is 14.8 Å². The Bertz CT molecular complexity index is 1180. The second-order valence-corrected chi connectivity index (χ2v) is 9.35. The molecule has 0 saturated heterocycles. The van der Waals surface area contributed by atoms with Crippen molar-refractivity contribution in [2.24, 2.45) is 0 Å². The third kappa shape index (κ3) is 6.26. The van der Waals surface area contributed by atoms with Crippen molar-refractivity contribution >= 4 is 21.6 Å². The summed E-state index contributed by atoms with van der Waals surface area (Å²) < 4.78 is 38.7. The first-order valence-corrected chi connectivity index (χ1v) is 11.9. The van der Waals surface area contributed by atoms with Gasteiger partial charge in [-0.3, -0.25) is 9.10 Å². The second kappa shape index (κ2) is 10.9. The molecule has 0 aliphatic rings. The van der Waals surface area contributed by atoms with Crippen molar-refractivity contribution in [3.05, 3.63) is 83.9 Å². The number of methoxy groups -OCH3 is 1. The number of amides is 1. The van der Waals surface area contributed by atoms with Gasteiger partial charge in [-0.2, -0.15) is 0 Å². The summed E-state index contributed by atoms with van der Waals surface area (Å²) in [5.74, 6) is 0.896. The maximum absolute atomic E-state index is 13.4. The van der Waals surface area contributed by atoms with Gasteiger partial charge in [0.25, 0.3) is 10.0 Å². The zero-order valence-electron chi connectivity index (χ0n) is 18.9.